The zero-order chi connectivity index (χ0) is 14.4. The molecule has 0 fully saturated rings. The normalized spacial score (nSPS) is 7.82. The molecule has 0 aliphatic rings. The van der Waals surface area contributed by atoms with E-state index in [1.807, 2.05) is 0 Å². The van der Waals surface area contributed by atoms with Gasteiger partial charge in [0.25, 0.3) is 0 Å². The first-order valence-corrected chi connectivity index (χ1v) is 8.96. The van der Waals surface area contributed by atoms with Gasteiger partial charge in [0.2, 0.25) is 0 Å². The van der Waals surface area contributed by atoms with Crippen molar-refractivity contribution in [1.29, 1.82) is 0 Å². The molecule has 0 aliphatic heterocycles. The number of halogens is 1. The Morgan fingerprint density at radius 3 is 0.824 bits per heavy atom. The fourth-order valence-corrected chi connectivity index (χ4v) is 0.750. The molecule has 0 N–H and O–H groups in total. The summed E-state index contributed by atoms with van der Waals surface area (Å²) in [6, 6.07) is 0. The van der Waals surface area contributed by atoms with Gasteiger partial charge in [-0.25, -0.2) is 0 Å². The summed E-state index contributed by atoms with van der Waals surface area (Å²) in [4.78, 5) is 0. The van der Waals surface area contributed by atoms with Crippen molar-refractivity contribution in [1.82, 2.24) is 0 Å². The van der Waals surface area contributed by atoms with Crippen molar-refractivity contribution in [2.45, 2.75) is 78.6 Å². The summed E-state index contributed by atoms with van der Waals surface area (Å²) in [5, 5.41) is 0. The van der Waals surface area contributed by atoms with Crippen LogP contribution in [-0.2, 0) is 19.4 Å². The number of rotatable bonds is 6. The molecule has 0 radical (unpaired) electrons. The molecule has 0 aliphatic carbocycles. The number of unbranched alkanes of at least 4 members (excludes halogenated alkanes) is 6. The van der Waals surface area contributed by atoms with Crippen molar-refractivity contribution in [3.63, 3.8) is 0 Å². The second kappa shape index (κ2) is 43.5. The molecule has 0 spiro atoms. The Kier molecular flexibility index (Phi) is 67.9. The number of hydrogen-bond acceptors (Lipinski definition) is 0. The van der Waals surface area contributed by atoms with Gasteiger partial charge in [0.15, 0.2) is 0 Å². The van der Waals surface area contributed by atoms with Gasteiger partial charge in [-0.2, -0.15) is 19.3 Å². The summed E-state index contributed by atoms with van der Waals surface area (Å²) >= 11 is 1.47. The van der Waals surface area contributed by atoms with E-state index in [1.54, 1.807) is 0 Å². The molecule has 0 saturated heterocycles. The van der Waals surface area contributed by atoms with Crippen LogP contribution in [0.15, 0.2) is 0 Å². The molecule has 0 amide bonds. The van der Waals surface area contributed by atoms with Gasteiger partial charge >= 0.3 is 28.7 Å². The number of hydrogen-bond donors (Lipinski definition) is 0. The molecule has 0 nitrogen and oxygen atoms in total. The molecule has 0 rings (SSSR count). The summed E-state index contributed by atoms with van der Waals surface area (Å²) in [6.07, 6.45) is 11.0. The van der Waals surface area contributed by atoms with Gasteiger partial charge in [0.05, 0.1) is 0 Å². The molecule has 17 heavy (non-hydrogen) atoms. The van der Waals surface area contributed by atoms with Crippen LogP contribution in [0.25, 0.3) is 0 Å². The second-order valence-electron chi connectivity index (χ2n) is 3.62. The van der Waals surface area contributed by atoms with Gasteiger partial charge < -0.3 is 20.8 Å². The van der Waals surface area contributed by atoms with Crippen LogP contribution < -0.4 is 0 Å². The molecular formula is C15H33ClTi. The van der Waals surface area contributed by atoms with E-state index in [2.05, 4.69) is 50.8 Å². The van der Waals surface area contributed by atoms with Crippen LogP contribution in [0.5, 0.6) is 0 Å². The van der Waals surface area contributed by atoms with Gasteiger partial charge in [-0.1, -0.05) is 59.3 Å². The molecule has 0 heterocycles. The molecule has 0 unspecified atom stereocenters. The Bertz CT molecular complexity index is 47.7. The van der Waals surface area contributed by atoms with E-state index in [9.17, 15) is 0 Å². The zero-order valence-corrected chi connectivity index (χ0v) is 14.7. The molecule has 2 heteroatoms. The summed E-state index contributed by atoms with van der Waals surface area (Å²) in [6.45, 7) is 17.5. The van der Waals surface area contributed by atoms with Crippen LogP contribution in [-0.4, -0.2) is 0 Å². The van der Waals surface area contributed by atoms with E-state index in [-0.39, 0.29) is 0 Å². The molecular weight excluding hydrogens is 263 g/mol. The Labute approximate surface area is 128 Å². The first kappa shape index (κ1) is 26.5. The molecule has 0 aromatic rings. The molecule has 0 bridgehead atoms. The van der Waals surface area contributed by atoms with Crippen molar-refractivity contribution < 1.29 is 19.4 Å². The third-order valence-corrected chi connectivity index (χ3v) is 1.81. The molecule has 0 atom stereocenters. The van der Waals surface area contributed by atoms with E-state index in [0.29, 0.717) is 0 Å². The van der Waals surface area contributed by atoms with Crippen LogP contribution in [0.2, 0.25) is 0 Å². The topological polar surface area (TPSA) is 0 Å². The van der Waals surface area contributed by atoms with Crippen LogP contribution in [0.4, 0.5) is 0 Å². The van der Waals surface area contributed by atoms with Crippen LogP contribution >= 0.6 is 9.30 Å². The fraction of sp³-hybridized carbons (Fsp3) is 0.800. The predicted molar refractivity (Wildman–Crippen MR) is 80.5 cm³/mol. The molecule has 104 valence electrons. The SMILES string of the molecule is [CH2-]CCCC.[CH2-]CCCC.[CH2-]CCCC.[Cl][Ti+3]. The Hall–Kier alpha value is 1.00. The monoisotopic (exact) mass is 296 g/mol. The van der Waals surface area contributed by atoms with E-state index in [1.165, 1.54) is 57.9 Å². The third-order valence-electron chi connectivity index (χ3n) is 1.81. The molecule has 0 aromatic carbocycles. The van der Waals surface area contributed by atoms with Crippen molar-refractivity contribution in [2.75, 3.05) is 0 Å². The molecule has 0 aromatic heterocycles. The zero-order valence-electron chi connectivity index (χ0n) is 12.4. The van der Waals surface area contributed by atoms with Crippen molar-refractivity contribution in [3.8, 4) is 0 Å². The van der Waals surface area contributed by atoms with E-state index in [0.717, 1.165) is 19.3 Å². The van der Waals surface area contributed by atoms with Gasteiger partial charge in [-0.15, -0.1) is 0 Å². The third kappa shape index (κ3) is 78.0. The average molecular weight is 297 g/mol. The summed E-state index contributed by atoms with van der Waals surface area (Å²) in [5.41, 5.74) is 0. The van der Waals surface area contributed by atoms with Gasteiger partial charge in [-0.3, -0.25) is 0 Å². The standard InChI is InChI=1S/3C5H11.ClH.Ti/c3*1-3-5-4-2;;/h3*1,3-5H2,2H3;1H;/q3*-1;;+4/p-1. The quantitative estimate of drug-likeness (QED) is 0.377. The average Bonchev–Trinajstić information content (AvgIpc) is 2.36. The first-order valence-electron chi connectivity index (χ1n) is 6.81. The van der Waals surface area contributed by atoms with Gasteiger partial charge in [0, 0.05) is 0 Å². The van der Waals surface area contributed by atoms with Crippen molar-refractivity contribution in [3.05, 3.63) is 20.8 Å². The Balaban J connectivity index is -0.0000000693. The minimum absolute atomic E-state index is 1.09. The van der Waals surface area contributed by atoms with E-state index in [4.69, 9.17) is 0 Å². The maximum atomic E-state index is 4.64. The van der Waals surface area contributed by atoms with Crippen molar-refractivity contribution in [2.24, 2.45) is 0 Å². The Morgan fingerprint density at radius 1 is 0.647 bits per heavy atom. The predicted octanol–water partition coefficient (Wildman–Crippen LogP) is 6.72. The Morgan fingerprint density at radius 2 is 0.824 bits per heavy atom. The van der Waals surface area contributed by atoms with Crippen LogP contribution in [0.1, 0.15) is 78.6 Å². The van der Waals surface area contributed by atoms with Crippen LogP contribution in [0, 0.1) is 20.8 Å². The van der Waals surface area contributed by atoms with E-state index >= 15 is 0 Å². The van der Waals surface area contributed by atoms with Crippen LogP contribution in [0.3, 0.4) is 0 Å². The second-order valence-corrected chi connectivity index (χ2v) is 3.62. The summed E-state index contributed by atoms with van der Waals surface area (Å²) in [7, 11) is 4.64. The van der Waals surface area contributed by atoms with Crippen molar-refractivity contribution >= 4 is 9.30 Å². The minimum atomic E-state index is 1.09. The maximum absolute atomic E-state index is 4.64. The van der Waals surface area contributed by atoms with Gasteiger partial charge in [0.1, 0.15) is 0 Å². The van der Waals surface area contributed by atoms with E-state index < -0.39 is 0 Å². The fourth-order valence-electron chi connectivity index (χ4n) is 0.750. The summed E-state index contributed by atoms with van der Waals surface area (Å²) in [5.74, 6) is 0. The van der Waals surface area contributed by atoms with Gasteiger partial charge in [-0.05, 0) is 0 Å². The first-order chi connectivity index (χ1) is 8.24. The molecule has 0 saturated carbocycles. The summed E-state index contributed by atoms with van der Waals surface area (Å²) < 4.78 is 0.